The quantitative estimate of drug-likeness (QED) is 0.162. The molecule has 0 spiro atoms. The maximum Gasteiger partial charge on any atom is 0.416 e. The molecule has 1 aromatic carbocycles. The second-order valence-electron chi connectivity index (χ2n) is 7.77. The molecule has 0 aliphatic rings. The number of aromatic amines is 1. The van der Waals surface area contributed by atoms with Gasteiger partial charge in [0, 0.05) is 19.1 Å². The topological polar surface area (TPSA) is 133 Å². The molecule has 1 unspecified atom stereocenters. The zero-order valence-corrected chi connectivity index (χ0v) is 19.5. The van der Waals surface area contributed by atoms with Gasteiger partial charge < -0.3 is 19.7 Å². The molecule has 3 heterocycles. The molecule has 0 radical (unpaired) electrons. The lowest BCUT2D eigenvalue weighted by Gasteiger charge is -2.17. The highest BCUT2D eigenvalue weighted by atomic mass is 35.5. The van der Waals surface area contributed by atoms with E-state index in [0.717, 1.165) is 12.1 Å². The van der Waals surface area contributed by atoms with Crippen LogP contribution in [0.25, 0.3) is 22.6 Å². The number of hydrogen-bond donors (Lipinski definition) is 4. The zero-order valence-electron chi connectivity index (χ0n) is 18.8. The van der Waals surface area contributed by atoms with Gasteiger partial charge in [-0.05, 0) is 37.5 Å². The fraction of sp³-hybridized carbons (Fsp3) is 0.304. The summed E-state index contributed by atoms with van der Waals surface area (Å²) in [7, 11) is 0. The fourth-order valence-corrected chi connectivity index (χ4v) is 3.53. The van der Waals surface area contributed by atoms with Crippen LogP contribution in [-0.2, 0) is 6.18 Å². The van der Waals surface area contributed by atoms with Crippen LogP contribution in [0.1, 0.15) is 54.7 Å². The predicted octanol–water partition coefficient (Wildman–Crippen LogP) is 4.15. The third-order valence-corrected chi connectivity index (χ3v) is 5.53. The van der Waals surface area contributed by atoms with E-state index >= 15 is 0 Å². The largest absolute Gasteiger partial charge is 0.416 e. The molecule has 0 aliphatic heterocycles. The van der Waals surface area contributed by atoms with Gasteiger partial charge in [-0.15, -0.1) is 0 Å². The number of aromatic nitrogens is 5. The van der Waals surface area contributed by atoms with Crippen molar-refractivity contribution in [2.75, 3.05) is 6.61 Å². The Hall–Kier alpha value is -3.50. The van der Waals surface area contributed by atoms with Gasteiger partial charge in [-0.1, -0.05) is 22.7 Å². The molecule has 0 aliphatic carbocycles. The van der Waals surface area contributed by atoms with Crippen molar-refractivity contribution in [1.82, 2.24) is 30.4 Å². The van der Waals surface area contributed by atoms with E-state index in [2.05, 4.69) is 42.3 Å². The van der Waals surface area contributed by atoms with Crippen LogP contribution >= 0.6 is 11.6 Å². The molecule has 36 heavy (non-hydrogen) atoms. The Morgan fingerprint density at radius 2 is 2.06 bits per heavy atom. The first-order valence-corrected chi connectivity index (χ1v) is 11.1. The Labute approximate surface area is 207 Å². The summed E-state index contributed by atoms with van der Waals surface area (Å²) < 4.78 is 44.3. The molecule has 2 atom stereocenters. The van der Waals surface area contributed by atoms with Crippen LogP contribution in [0.15, 0.2) is 35.1 Å². The minimum absolute atomic E-state index is 0.0244. The van der Waals surface area contributed by atoms with Crippen molar-refractivity contribution in [3.8, 4) is 23.4 Å². The zero-order chi connectivity index (χ0) is 25.9. The van der Waals surface area contributed by atoms with Gasteiger partial charge in [0.1, 0.15) is 34.7 Å². The van der Waals surface area contributed by atoms with E-state index in [1.165, 1.54) is 12.4 Å². The van der Waals surface area contributed by atoms with Crippen LogP contribution in [0.5, 0.6) is 0 Å². The molecule has 4 N–H and O–H groups in total. The van der Waals surface area contributed by atoms with E-state index in [1.54, 1.807) is 13.0 Å². The number of alkyl halides is 3. The highest BCUT2D eigenvalue weighted by Crippen LogP contribution is 2.32. The average molecular weight is 521 g/mol. The van der Waals surface area contributed by atoms with E-state index in [-0.39, 0.29) is 40.1 Å². The highest BCUT2D eigenvalue weighted by molar-refractivity contribution is 6.32. The summed E-state index contributed by atoms with van der Waals surface area (Å²) in [6.07, 6.45) is -3.56. The molecular formula is C23H20ClF3N6O3. The summed E-state index contributed by atoms with van der Waals surface area (Å²) >= 11 is 6.31. The van der Waals surface area contributed by atoms with Crippen LogP contribution in [-0.4, -0.2) is 41.9 Å². The number of hydrogen-bond acceptors (Lipinski definition) is 8. The smallest absolute Gasteiger partial charge is 0.396 e. The Morgan fingerprint density at radius 1 is 1.25 bits per heavy atom. The Morgan fingerprint density at radius 3 is 2.81 bits per heavy atom. The van der Waals surface area contributed by atoms with Crippen LogP contribution < -0.4 is 5.32 Å². The normalized spacial score (nSPS) is 13.4. The number of halogens is 4. The summed E-state index contributed by atoms with van der Waals surface area (Å²) in [5, 5.41) is 26.4. The van der Waals surface area contributed by atoms with Crippen LogP contribution in [0.4, 0.5) is 13.2 Å². The summed E-state index contributed by atoms with van der Waals surface area (Å²) in [6, 6.07) is 4.19. The van der Waals surface area contributed by atoms with E-state index in [4.69, 9.17) is 21.2 Å². The molecule has 3 aromatic heterocycles. The number of H-pyrrole nitrogens is 1. The molecule has 0 fully saturated rings. The van der Waals surface area contributed by atoms with Crippen molar-refractivity contribution in [3.63, 3.8) is 0 Å². The maximum absolute atomic E-state index is 13.0. The number of imidazole rings is 1. The minimum atomic E-state index is -4.47. The number of fused-ring (bicyclic) bond motifs is 1. The van der Waals surface area contributed by atoms with Gasteiger partial charge in [-0.25, -0.2) is 15.0 Å². The van der Waals surface area contributed by atoms with Crippen molar-refractivity contribution in [2.45, 2.75) is 38.2 Å². The summed E-state index contributed by atoms with van der Waals surface area (Å²) in [4.78, 5) is 15.1. The Bertz CT molecular complexity index is 1430. The van der Waals surface area contributed by atoms with Gasteiger partial charge in [0.2, 0.25) is 0 Å². The Kier molecular flexibility index (Phi) is 7.56. The molecule has 9 nitrogen and oxygen atoms in total. The first-order chi connectivity index (χ1) is 17.2. The first kappa shape index (κ1) is 25.6. The summed E-state index contributed by atoms with van der Waals surface area (Å²) in [5.41, 5.74) is 0.396. The lowest BCUT2D eigenvalue weighted by Crippen LogP contribution is -2.25. The van der Waals surface area contributed by atoms with Gasteiger partial charge in [0.05, 0.1) is 22.6 Å². The van der Waals surface area contributed by atoms with Crippen molar-refractivity contribution in [1.29, 1.82) is 0 Å². The van der Waals surface area contributed by atoms with E-state index < -0.39 is 24.0 Å². The van der Waals surface area contributed by atoms with Gasteiger partial charge in [-0.3, -0.25) is 5.32 Å². The lowest BCUT2D eigenvalue weighted by atomic mass is 10.2. The SMILES string of the molecule is C[C@H](NC(O)c1ncnc(C#CCCCO)c1Cl)c1cc(-c2nc3ccc(C(F)(F)F)cc3[nH]2)no1. The molecule has 0 saturated heterocycles. The predicted molar refractivity (Wildman–Crippen MR) is 123 cm³/mol. The van der Waals surface area contributed by atoms with Crippen molar-refractivity contribution < 1.29 is 27.9 Å². The molecule has 4 rings (SSSR count). The van der Waals surface area contributed by atoms with Gasteiger partial charge in [-0.2, -0.15) is 13.2 Å². The molecule has 0 bridgehead atoms. The number of unbranched alkanes of at least 4 members (excludes halogenated alkanes) is 1. The highest BCUT2D eigenvalue weighted by Gasteiger charge is 2.31. The number of rotatable bonds is 7. The van der Waals surface area contributed by atoms with Crippen molar-refractivity contribution >= 4 is 22.6 Å². The summed E-state index contributed by atoms with van der Waals surface area (Å²) in [5.74, 6) is 6.19. The molecule has 0 saturated carbocycles. The number of aliphatic hydroxyl groups is 2. The molecule has 188 valence electrons. The fourth-order valence-electron chi connectivity index (χ4n) is 3.29. The second-order valence-corrected chi connectivity index (χ2v) is 8.15. The molecule has 0 amide bonds. The van der Waals surface area contributed by atoms with Crippen LogP contribution in [0, 0.1) is 11.8 Å². The summed E-state index contributed by atoms with van der Waals surface area (Å²) in [6.45, 7) is 1.73. The lowest BCUT2D eigenvalue weighted by molar-refractivity contribution is -0.137. The number of aliphatic hydroxyl groups excluding tert-OH is 2. The Balaban J connectivity index is 1.48. The minimum Gasteiger partial charge on any atom is -0.396 e. The van der Waals surface area contributed by atoms with E-state index in [0.29, 0.717) is 24.1 Å². The van der Waals surface area contributed by atoms with Gasteiger partial charge in [0.25, 0.3) is 0 Å². The molecule has 13 heteroatoms. The molecular weight excluding hydrogens is 501 g/mol. The maximum atomic E-state index is 13.0. The third-order valence-electron chi connectivity index (χ3n) is 5.16. The van der Waals surface area contributed by atoms with Gasteiger partial charge >= 0.3 is 6.18 Å². The van der Waals surface area contributed by atoms with Crippen molar-refractivity contribution in [2.24, 2.45) is 0 Å². The monoisotopic (exact) mass is 520 g/mol. The molecule has 4 aromatic rings. The standard InChI is InChI=1S/C23H20ClF3N6O3/c1-12(30-22(35)20-19(24)15(28-11-29-20)5-3-2-4-8-34)18-10-17(33-36-18)21-31-14-7-6-13(23(25,26)27)9-16(14)32-21/h6-7,9-12,22,30,34-35H,2,4,8H2,1H3,(H,31,32)/t12-,22?/m0/s1. The van der Waals surface area contributed by atoms with E-state index in [9.17, 15) is 18.3 Å². The third kappa shape index (κ3) is 5.66. The van der Waals surface area contributed by atoms with Crippen LogP contribution in [0.3, 0.4) is 0 Å². The average Bonchev–Trinajstić information content (AvgIpc) is 3.49. The van der Waals surface area contributed by atoms with Crippen molar-refractivity contribution in [3.05, 3.63) is 58.3 Å². The first-order valence-electron chi connectivity index (χ1n) is 10.8. The number of benzene rings is 1. The van der Waals surface area contributed by atoms with E-state index in [1.807, 2.05) is 0 Å². The second kappa shape index (κ2) is 10.6. The number of nitrogens with one attached hydrogen (secondary N) is 2. The van der Waals surface area contributed by atoms with Gasteiger partial charge in [0.15, 0.2) is 11.6 Å². The van der Waals surface area contributed by atoms with Crippen LogP contribution in [0.2, 0.25) is 5.02 Å². The number of nitrogens with zero attached hydrogens (tertiary/aromatic N) is 4.